The molecule has 0 aliphatic rings. The van der Waals surface area contributed by atoms with Crippen molar-refractivity contribution in [2.24, 2.45) is 5.73 Å². The minimum Gasteiger partial charge on any atom is -0.504 e. The number of carbonyl (C=O) groups excluding carboxylic acids is 1. The first-order valence-electron chi connectivity index (χ1n) is 3.15. The lowest BCUT2D eigenvalue weighted by Gasteiger charge is -2.04. The van der Waals surface area contributed by atoms with Crippen LogP contribution in [-0.4, -0.2) is 11.1 Å². The number of rotatable bonds is 1. The molecule has 0 saturated heterocycles. The molecule has 64 valence electrons. The first kappa shape index (κ1) is 8.67. The van der Waals surface area contributed by atoms with Crippen LogP contribution in [0.1, 0.15) is 0 Å². The number of halogens is 1. The van der Waals surface area contributed by atoms with Crippen molar-refractivity contribution >= 4 is 23.3 Å². The summed E-state index contributed by atoms with van der Waals surface area (Å²) in [6, 6.07) is 3.84. The lowest BCUT2D eigenvalue weighted by Crippen LogP contribution is -2.19. The van der Waals surface area contributed by atoms with E-state index in [2.05, 4.69) is 5.32 Å². The van der Waals surface area contributed by atoms with E-state index in [1.54, 1.807) is 6.07 Å². The molecule has 1 aromatic carbocycles. The van der Waals surface area contributed by atoms with Crippen molar-refractivity contribution in [2.75, 3.05) is 5.32 Å². The Labute approximate surface area is 73.9 Å². The Bertz CT molecular complexity index is 314. The normalized spacial score (nSPS) is 9.42. The second kappa shape index (κ2) is 3.32. The van der Waals surface area contributed by atoms with E-state index in [1.807, 2.05) is 0 Å². The number of aromatic hydroxyl groups is 1. The first-order valence-corrected chi connectivity index (χ1v) is 3.53. The molecule has 0 aliphatic heterocycles. The summed E-state index contributed by atoms with van der Waals surface area (Å²) < 4.78 is 0. The van der Waals surface area contributed by atoms with Crippen LogP contribution in [0.4, 0.5) is 10.5 Å². The number of phenols is 1. The minimum atomic E-state index is -0.743. The SMILES string of the molecule is NC(=O)Nc1cccc(Cl)c1O. The van der Waals surface area contributed by atoms with Gasteiger partial charge in [-0.3, -0.25) is 0 Å². The van der Waals surface area contributed by atoms with Gasteiger partial charge in [0.1, 0.15) is 0 Å². The van der Waals surface area contributed by atoms with Gasteiger partial charge in [0, 0.05) is 0 Å². The lowest BCUT2D eigenvalue weighted by atomic mass is 10.3. The monoisotopic (exact) mass is 186 g/mol. The van der Waals surface area contributed by atoms with Gasteiger partial charge in [-0.05, 0) is 12.1 Å². The highest BCUT2D eigenvalue weighted by Crippen LogP contribution is 2.30. The molecule has 4 N–H and O–H groups in total. The maximum absolute atomic E-state index is 10.4. The van der Waals surface area contributed by atoms with Gasteiger partial charge in [-0.15, -0.1) is 0 Å². The van der Waals surface area contributed by atoms with E-state index in [-0.39, 0.29) is 16.5 Å². The summed E-state index contributed by atoms with van der Waals surface area (Å²) in [6.45, 7) is 0. The van der Waals surface area contributed by atoms with Crippen LogP contribution < -0.4 is 11.1 Å². The number of phenolic OH excluding ortho intramolecular Hbond substituents is 1. The fourth-order valence-electron chi connectivity index (χ4n) is 0.749. The molecule has 2 amide bonds. The first-order chi connectivity index (χ1) is 5.61. The molecule has 12 heavy (non-hydrogen) atoms. The summed E-state index contributed by atoms with van der Waals surface area (Å²) in [7, 11) is 0. The summed E-state index contributed by atoms with van der Waals surface area (Å²) in [4.78, 5) is 10.4. The second-order valence-corrected chi connectivity index (χ2v) is 2.53. The lowest BCUT2D eigenvalue weighted by molar-refractivity contribution is 0.259. The van der Waals surface area contributed by atoms with Crippen molar-refractivity contribution in [1.82, 2.24) is 0 Å². The molecule has 0 bridgehead atoms. The maximum Gasteiger partial charge on any atom is 0.316 e. The van der Waals surface area contributed by atoms with Crippen LogP contribution in [-0.2, 0) is 0 Å². The van der Waals surface area contributed by atoms with Gasteiger partial charge in [0.15, 0.2) is 5.75 Å². The second-order valence-electron chi connectivity index (χ2n) is 2.13. The highest BCUT2D eigenvalue weighted by molar-refractivity contribution is 6.32. The number of urea groups is 1. The van der Waals surface area contributed by atoms with Gasteiger partial charge in [-0.25, -0.2) is 4.79 Å². The van der Waals surface area contributed by atoms with Crippen molar-refractivity contribution in [2.45, 2.75) is 0 Å². The molecule has 0 spiro atoms. The van der Waals surface area contributed by atoms with Crippen LogP contribution in [0.5, 0.6) is 5.75 Å². The van der Waals surface area contributed by atoms with Gasteiger partial charge in [0.05, 0.1) is 10.7 Å². The van der Waals surface area contributed by atoms with Crippen LogP contribution >= 0.6 is 11.6 Å². The summed E-state index contributed by atoms with van der Waals surface area (Å²) in [5.74, 6) is -0.182. The number of amides is 2. The molecule has 0 aliphatic carbocycles. The number of hydrogen-bond acceptors (Lipinski definition) is 2. The zero-order valence-corrected chi connectivity index (χ0v) is 6.80. The van der Waals surface area contributed by atoms with Crippen molar-refractivity contribution in [3.8, 4) is 5.75 Å². The summed E-state index contributed by atoms with van der Waals surface area (Å²) >= 11 is 5.56. The molecule has 0 aromatic heterocycles. The van der Waals surface area contributed by atoms with Crippen LogP contribution in [0.25, 0.3) is 0 Å². The van der Waals surface area contributed by atoms with E-state index in [0.29, 0.717) is 0 Å². The number of carbonyl (C=O) groups is 1. The molecule has 5 heteroatoms. The van der Waals surface area contributed by atoms with E-state index in [4.69, 9.17) is 17.3 Å². The van der Waals surface area contributed by atoms with Gasteiger partial charge >= 0.3 is 6.03 Å². The number of anilines is 1. The van der Waals surface area contributed by atoms with E-state index < -0.39 is 6.03 Å². The predicted octanol–water partition coefficient (Wildman–Crippen LogP) is 1.54. The Kier molecular flexibility index (Phi) is 2.40. The molecule has 0 atom stereocenters. The highest BCUT2D eigenvalue weighted by Gasteiger charge is 2.05. The number of primary amides is 1. The quantitative estimate of drug-likeness (QED) is 0.582. The molecule has 4 nitrogen and oxygen atoms in total. The summed E-state index contributed by atoms with van der Waals surface area (Å²) in [5.41, 5.74) is 5.04. The Morgan fingerprint density at radius 3 is 2.83 bits per heavy atom. The third-order valence-electron chi connectivity index (χ3n) is 1.24. The molecule has 0 saturated carbocycles. The van der Waals surface area contributed by atoms with Gasteiger partial charge in [0.2, 0.25) is 0 Å². The van der Waals surface area contributed by atoms with Gasteiger partial charge in [-0.1, -0.05) is 17.7 Å². The standard InChI is InChI=1S/C7H7ClN2O2/c8-4-2-1-3-5(6(4)11)10-7(9)12/h1-3,11H,(H3,9,10,12). The van der Waals surface area contributed by atoms with Crippen LogP contribution in [0.2, 0.25) is 5.02 Å². The average Bonchev–Trinajstić information content (AvgIpc) is 1.98. The minimum absolute atomic E-state index is 0.168. The Morgan fingerprint density at radius 1 is 1.58 bits per heavy atom. The Hall–Kier alpha value is -1.42. The number of benzene rings is 1. The number of nitrogens with two attached hydrogens (primary N) is 1. The zero-order chi connectivity index (χ0) is 9.14. The van der Waals surface area contributed by atoms with Crippen LogP contribution in [0.3, 0.4) is 0 Å². The van der Waals surface area contributed by atoms with E-state index in [1.165, 1.54) is 12.1 Å². The van der Waals surface area contributed by atoms with Crippen molar-refractivity contribution in [3.05, 3.63) is 23.2 Å². The molecule has 0 heterocycles. The van der Waals surface area contributed by atoms with Crippen molar-refractivity contribution in [3.63, 3.8) is 0 Å². The molecule has 0 unspecified atom stereocenters. The Balaban J connectivity index is 3.00. The summed E-state index contributed by atoms with van der Waals surface area (Å²) in [5, 5.41) is 11.6. The molecule has 0 radical (unpaired) electrons. The molecular formula is C7H7ClN2O2. The Morgan fingerprint density at radius 2 is 2.25 bits per heavy atom. The van der Waals surface area contributed by atoms with Crippen molar-refractivity contribution < 1.29 is 9.90 Å². The fourth-order valence-corrected chi connectivity index (χ4v) is 0.923. The largest absolute Gasteiger partial charge is 0.504 e. The van der Waals surface area contributed by atoms with E-state index in [9.17, 15) is 9.90 Å². The number of nitrogens with one attached hydrogen (secondary N) is 1. The van der Waals surface area contributed by atoms with Crippen molar-refractivity contribution in [1.29, 1.82) is 0 Å². The topological polar surface area (TPSA) is 75.4 Å². The van der Waals surface area contributed by atoms with Gasteiger partial charge < -0.3 is 16.2 Å². The zero-order valence-electron chi connectivity index (χ0n) is 6.04. The smallest absolute Gasteiger partial charge is 0.316 e. The molecule has 0 fully saturated rings. The van der Waals surface area contributed by atoms with Crippen LogP contribution in [0.15, 0.2) is 18.2 Å². The molecular weight excluding hydrogens is 180 g/mol. The van der Waals surface area contributed by atoms with E-state index in [0.717, 1.165) is 0 Å². The molecule has 1 rings (SSSR count). The fraction of sp³-hybridized carbons (Fsp3) is 0. The van der Waals surface area contributed by atoms with Gasteiger partial charge in [-0.2, -0.15) is 0 Å². The molecule has 1 aromatic rings. The maximum atomic E-state index is 10.4. The summed E-state index contributed by atoms with van der Waals surface area (Å²) in [6.07, 6.45) is 0. The highest BCUT2D eigenvalue weighted by atomic mass is 35.5. The average molecular weight is 187 g/mol. The third kappa shape index (κ3) is 1.79. The number of hydrogen-bond donors (Lipinski definition) is 3. The number of para-hydroxylation sites is 1. The van der Waals surface area contributed by atoms with E-state index >= 15 is 0 Å². The third-order valence-corrected chi connectivity index (χ3v) is 1.55. The van der Waals surface area contributed by atoms with Crippen LogP contribution in [0, 0.1) is 0 Å². The predicted molar refractivity (Wildman–Crippen MR) is 46.3 cm³/mol. The van der Waals surface area contributed by atoms with Gasteiger partial charge in [0.25, 0.3) is 0 Å².